The standard InChI is InChI=1S/C18H15NO2/c1-2-13-3-5-14(6-4-13)12-19-16-8-9-17-15(11-16)7-10-18(20)21-17/h3-12H,2H2,1H3. The largest absolute Gasteiger partial charge is 0.423 e. The number of benzene rings is 2. The summed E-state index contributed by atoms with van der Waals surface area (Å²) in [7, 11) is 0. The van der Waals surface area contributed by atoms with E-state index in [9.17, 15) is 4.79 Å². The van der Waals surface area contributed by atoms with Crippen LogP contribution in [0.1, 0.15) is 18.1 Å². The van der Waals surface area contributed by atoms with Crippen LogP contribution in [0.4, 0.5) is 5.69 Å². The highest BCUT2D eigenvalue weighted by Gasteiger charge is 1.98. The number of aryl methyl sites for hydroxylation is 1. The Bertz CT molecular complexity index is 845. The molecule has 0 aliphatic carbocycles. The van der Waals surface area contributed by atoms with E-state index in [-0.39, 0.29) is 5.63 Å². The van der Waals surface area contributed by atoms with Crippen molar-refractivity contribution in [2.75, 3.05) is 0 Å². The molecule has 3 rings (SSSR count). The van der Waals surface area contributed by atoms with Gasteiger partial charge in [-0.2, -0.15) is 0 Å². The number of hydrogen-bond acceptors (Lipinski definition) is 3. The number of rotatable bonds is 3. The van der Waals surface area contributed by atoms with Gasteiger partial charge >= 0.3 is 5.63 Å². The minimum atomic E-state index is -0.338. The zero-order valence-corrected chi connectivity index (χ0v) is 11.7. The summed E-state index contributed by atoms with van der Waals surface area (Å²) >= 11 is 0. The monoisotopic (exact) mass is 277 g/mol. The molecule has 1 aromatic heterocycles. The molecular weight excluding hydrogens is 262 g/mol. The molecule has 0 unspecified atom stereocenters. The first-order valence-electron chi connectivity index (χ1n) is 6.91. The molecule has 0 fully saturated rings. The van der Waals surface area contributed by atoms with Gasteiger partial charge in [-0.25, -0.2) is 4.79 Å². The Morgan fingerprint density at radius 2 is 1.86 bits per heavy atom. The third kappa shape index (κ3) is 3.08. The molecule has 0 saturated heterocycles. The molecule has 2 aromatic carbocycles. The number of hydrogen-bond donors (Lipinski definition) is 0. The highest BCUT2D eigenvalue weighted by molar-refractivity contribution is 5.85. The molecule has 0 N–H and O–H groups in total. The number of aliphatic imine (C=N–C) groups is 1. The van der Waals surface area contributed by atoms with Gasteiger partial charge in [-0.1, -0.05) is 31.2 Å². The van der Waals surface area contributed by atoms with Gasteiger partial charge in [-0.15, -0.1) is 0 Å². The molecule has 104 valence electrons. The van der Waals surface area contributed by atoms with Crippen LogP contribution in [0, 0.1) is 0 Å². The molecule has 1 heterocycles. The lowest BCUT2D eigenvalue weighted by molar-refractivity contribution is 0.561. The Hall–Kier alpha value is -2.68. The van der Waals surface area contributed by atoms with E-state index in [2.05, 4.69) is 36.2 Å². The van der Waals surface area contributed by atoms with Crippen molar-refractivity contribution in [1.29, 1.82) is 0 Å². The highest BCUT2D eigenvalue weighted by Crippen LogP contribution is 2.20. The number of fused-ring (bicyclic) bond motifs is 1. The molecule has 0 saturated carbocycles. The van der Waals surface area contributed by atoms with Crippen molar-refractivity contribution in [2.24, 2.45) is 4.99 Å². The third-order valence-corrected chi connectivity index (χ3v) is 3.35. The van der Waals surface area contributed by atoms with Crippen LogP contribution in [-0.4, -0.2) is 6.21 Å². The minimum Gasteiger partial charge on any atom is -0.423 e. The molecule has 21 heavy (non-hydrogen) atoms. The van der Waals surface area contributed by atoms with Gasteiger partial charge in [-0.3, -0.25) is 4.99 Å². The van der Waals surface area contributed by atoms with Crippen LogP contribution in [0.3, 0.4) is 0 Å². The van der Waals surface area contributed by atoms with E-state index in [0.29, 0.717) is 5.58 Å². The van der Waals surface area contributed by atoms with E-state index < -0.39 is 0 Å². The van der Waals surface area contributed by atoms with Gasteiger partial charge in [0.25, 0.3) is 0 Å². The van der Waals surface area contributed by atoms with E-state index in [0.717, 1.165) is 23.1 Å². The lowest BCUT2D eigenvalue weighted by Crippen LogP contribution is -1.93. The van der Waals surface area contributed by atoms with Crippen LogP contribution in [0.25, 0.3) is 11.0 Å². The summed E-state index contributed by atoms with van der Waals surface area (Å²) in [6.45, 7) is 2.14. The fraction of sp³-hybridized carbons (Fsp3) is 0.111. The summed E-state index contributed by atoms with van der Waals surface area (Å²) in [6.07, 6.45) is 2.87. The van der Waals surface area contributed by atoms with Gasteiger partial charge in [0.2, 0.25) is 0 Å². The zero-order chi connectivity index (χ0) is 14.7. The predicted octanol–water partition coefficient (Wildman–Crippen LogP) is 4.11. The van der Waals surface area contributed by atoms with Gasteiger partial charge in [0.05, 0.1) is 5.69 Å². The van der Waals surface area contributed by atoms with Crippen LogP contribution in [0.2, 0.25) is 0 Å². The summed E-state index contributed by atoms with van der Waals surface area (Å²) in [5.41, 5.74) is 3.44. The quantitative estimate of drug-likeness (QED) is 0.534. The van der Waals surface area contributed by atoms with Crippen LogP contribution in [-0.2, 0) is 6.42 Å². The average Bonchev–Trinajstić information content (AvgIpc) is 2.53. The molecule has 3 aromatic rings. The van der Waals surface area contributed by atoms with Crippen molar-refractivity contribution in [2.45, 2.75) is 13.3 Å². The van der Waals surface area contributed by atoms with Crippen molar-refractivity contribution >= 4 is 22.9 Å². The maximum atomic E-state index is 11.1. The zero-order valence-electron chi connectivity index (χ0n) is 11.7. The van der Waals surface area contributed by atoms with Crippen LogP contribution in [0.15, 0.2) is 68.8 Å². The molecular formula is C18H15NO2. The second-order valence-corrected chi connectivity index (χ2v) is 4.83. The highest BCUT2D eigenvalue weighted by atomic mass is 16.4. The van der Waals surface area contributed by atoms with Gasteiger partial charge in [-0.05, 0) is 41.8 Å². The van der Waals surface area contributed by atoms with Crippen LogP contribution < -0.4 is 5.63 Å². The van der Waals surface area contributed by atoms with Crippen molar-refractivity contribution in [3.8, 4) is 0 Å². The Morgan fingerprint density at radius 1 is 1.05 bits per heavy atom. The topological polar surface area (TPSA) is 42.6 Å². The average molecular weight is 277 g/mol. The molecule has 0 aliphatic heterocycles. The fourth-order valence-electron chi connectivity index (χ4n) is 2.13. The Balaban J connectivity index is 1.88. The maximum Gasteiger partial charge on any atom is 0.336 e. The molecule has 0 aliphatic rings. The van der Waals surface area contributed by atoms with Gasteiger partial charge in [0.1, 0.15) is 5.58 Å². The summed E-state index contributed by atoms with van der Waals surface area (Å²) in [5, 5.41) is 0.866. The first kappa shape index (κ1) is 13.3. The molecule has 0 spiro atoms. The van der Waals surface area contributed by atoms with Crippen molar-refractivity contribution in [3.05, 3.63) is 76.1 Å². The first-order valence-corrected chi connectivity index (χ1v) is 6.91. The summed E-state index contributed by atoms with van der Waals surface area (Å²) < 4.78 is 5.10. The van der Waals surface area contributed by atoms with Gasteiger partial charge in [0, 0.05) is 17.7 Å². The summed E-state index contributed by atoms with van der Waals surface area (Å²) in [6, 6.07) is 17.0. The van der Waals surface area contributed by atoms with Gasteiger partial charge < -0.3 is 4.42 Å². The van der Waals surface area contributed by atoms with Crippen molar-refractivity contribution < 1.29 is 4.42 Å². The van der Waals surface area contributed by atoms with E-state index in [1.165, 1.54) is 11.6 Å². The number of nitrogens with zero attached hydrogens (tertiary/aromatic N) is 1. The summed E-state index contributed by atoms with van der Waals surface area (Å²) in [5.74, 6) is 0. The maximum absolute atomic E-state index is 11.1. The van der Waals surface area contributed by atoms with Gasteiger partial charge in [0.15, 0.2) is 0 Å². The molecule has 0 bridgehead atoms. The van der Waals surface area contributed by atoms with E-state index in [4.69, 9.17) is 4.42 Å². The lowest BCUT2D eigenvalue weighted by atomic mass is 10.1. The van der Waals surface area contributed by atoms with Crippen LogP contribution >= 0.6 is 0 Å². The van der Waals surface area contributed by atoms with E-state index in [1.807, 2.05) is 18.3 Å². The third-order valence-electron chi connectivity index (χ3n) is 3.35. The van der Waals surface area contributed by atoms with E-state index >= 15 is 0 Å². The molecule has 3 nitrogen and oxygen atoms in total. The normalized spacial score (nSPS) is 11.3. The fourth-order valence-corrected chi connectivity index (χ4v) is 2.13. The second-order valence-electron chi connectivity index (χ2n) is 4.83. The first-order chi connectivity index (χ1) is 10.2. The lowest BCUT2D eigenvalue weighted by Gasteiger charge is -1.99. The Morgan fingerprint density at radius 3 is 2.62 bits per heavy atom. The predicted molar refractivity (Wildman–Crippen MR) is 85.6 cm³/mol. The second kappa shape index (κ2) is 5.75. The van der Waals surface area contributed by atoms with E-state index in [1.54, 1.807) is 12.1 Å². The smallest absolute Gasteiger partial charge is 0.336 e. The van der Waals surface area contributed by atoms with Crippen molar-refractivity contribution in [3.63, 3.8) is 0 Å². The minimum absolute atomic E-state index is 0.338. The van der Waals surface area contributed by atoms with Crippen LogP contribution in [0.5, 0.6) is 0 Å². The van der Waals surface area contributed by atoms with Crippen molar-refractivity contribution in [1.82, 2.24) is 0 Å². The molecule has 0 atom stereocenters. The Labute approximate surface area is 122 Å². The Kier molecular flexibility index (Phi) is 3.65. The molecule has 0 amide bonds. The summed E-state index contributed by atoms with van der Waals surface area (Å²) in [4.78, 5) is 15.6. The SMILES string of the molecule is CCc1ccc(C=Nc2ccc3oc(=O)ccc3c2)cc1. The molecule has 3 heteroatoms. The molecule has 0 radical (unpaired) electrons.